The van der Waals surface area contributed by atoms with Crippen LogP contribution < -0.4 is 0 Å². The van der Waals surface area contributed by atoms with E-state index in [4.69, 9.17) is 5.11 Å². The van der Waals surface area contributed by atoms with Crippen LogP contribution in [0.3, 0.4) is 0 Å². The molecule has 7 heavy (non-hydrogen) atoms. The summed E-state index contributed by atoms with van der Waals surface area (Å²) in [5, 5.41) is 8.32. The number of hydrogen-bond acceptors (Lipinski definition) is 2. The van der Waals surface area contributed by atoms with E-state index in [2.05, 4.69) is 11.6 Å². The maximum Gasteiger partial charge on any atom is 0.0848 e. The highest BCUT2D eigenvalue weighted by Crippen LogP contribution is 1.72. The van der Waals surface area contributed by atoms with Gasteiger partial charge in [0.1, 0.15) is 0 Å². The molecular formula is C5H9NO. The van der Waals surface area contributed by atoms with Crippen LogP contribution in [0.4, 0.5) is 0 Å². The third-order valence-corrected chi connectivity index (χ3v) is 0.685. The Kier molecular flexibility index (Phi) is 3.24. The van der Waals surface area contributed by atoms with Gasteiger partial charge in [-0.25, -0.2) is 0 Å². The highest BCUT2D eigenvalue weighted by Gasteiger charge is 1.81. The summed E-state index contributed by atoms with van der Waals surface area (Å²) in [6, 6.07) is 0. The van der Waals surface area contributed by atoms with Gasteiger partial charge in [-0.15, -0.1) is 0 Å². The zero-order chi connectivity index (χ0) is 5.70. The van der Waals surface area contributed by atoms with E-state index in [1.54, 1.807) is 7.05 Å². The normalized spacial score (nSPS) is 11.4. The maximum absolute atomic E-state index is 8.32. The molecule has 0 fully saturated rings. The molecule has 0 aromatic carbocycles. The number of nitrogens with zero attached hydrogens (tertiary/aromatic N) is 1. The molecule has 0 aliphatic carbocycles. The average molecular weight is 99.1 g/mol. The first-order chi connectivity index (χ1) is 3.35. The molecule has 0 aliphatic heterocycles. The zero-order valence-electron chi connectivity index (χ0n) is 4.39. The third kappa shape index (κ3) is 2.11. The minimum atomic E-state index is -0.0139. The number of rotatable bonds is 2. The van der Waals surface area contributed by atoms with E-state index < -0.39 is 0 Å². The fourth-order valence-electron chi connectivity index (χ4n) is 0.227. The first-order valence-electron chi connectivity index (χ1n) is 2.04. The predicted molar refractivity (Wildman–Crippen MR) is 30.6 cm³/mol. The van der Waals surface area contributed by atoms with Crippen molar-refractivity contribution in [3.05, 3.63) is 12.7 Å². The number of aliphatic hydroxyl groups is 1. The van der Waals surface area contributed by atoms with Gasteiger partial charge in [0.05, 0.1) is 12.3 Å². The molecule has 0 atom stereocenters. The summed E-state index contributed by atoms with van der Waals surface area (Å²) in [5.74, 6) is 0. The molecule has 0 rings (SSSR count). The van der Waals surface area contributed by atoms with E-state index in [0.29, 0.717) is 5.71 Å². The van der Waals surface area contributed by atoms with Crippen molar-refractivity contribution >= 4 is 5.71 Å². The van der Waals surface area contributed by atoms with E-state index in [-0.39, 0.29) is 6.61 Å². The summed E-state index contributed by atoms with van der Waals surface area (Å²) in [6.07, 6.45) is 1.53. The number of aliphatic hydroxyl groups excluding tert-OH is 1. The first-order valence-corrected chi connectivity index (χ1v) is 2.04. The molecule has 40 valence electrons. The second-order valence-corrected chi connectivity index (χ2v) is 1.08. The van der Waals surface area contributed by atoms with Crippen molar-refractivity contribution in [2.75, 3.05) is 13.7 Å². The van der Waals surface area contributed by atoms with Gasteiger partial charge >= 0.3 is 0 Å². The SMILES string of the molecule is C=CC(CO)=NC. The van der Waals surface area contributed by atoms with Crippen LogP contribution >= 0.6 is 0 Å². The molecule has 0 aliphatic rings. The molecule has 0 unspecified atom stereocenters. The van der Waals surface area contributed by atoms with Gasteiger partial charge in [0.2, 0.25) is 0 Å². The summed E-state index contributed by atoms with van der Waals surface area (Å²) < 4.78 is 0. The van der Waals surface area contributed by atoms with E-state index in [0.717, 1.165) is 0 Å². The average Bonchev–Trinajstić information content (AvgIpc) is 1.72. The van der Waals surface area contributed by atoms with Gasteiger partial charge in [0, 0.05) is 7.05 Å². The Morgan fingerprint density at radius 1 is 2.00 bits per heavy atom. The lowest BCUT2D eigenvalue weighted by Gasteiger charge is -1.86. The Morgan fingerprint density at radius 3 is 2.57 bits per heavy atom. The molecule has 2 nitrogen and oxygen atoms in total. The first kappa shape index (κ1) is 6.37. The summed E-state index contributed by atoms with van der Waals surface area (Å²) >= 11 is 0. The highest BCUT2D eigenvalue weighted by molar-refractivity contribution is 5.95. The fraction of sp³-hybridized carbons (Fsp3) is 0.400. The summed E-state index contributed by atoms with van der Waals surface area (Å²) in [5.41, 5.74) is 0.625. The van der Waals surface area contributed by atoms with Gasteiger partial charge in [-0.2, -0.15) is 0 Å². The van der Waals surface area contributed by atoms with Crippen LogP contribution in [-0.2, 0) is 0 Å². The smallest absolute Gasteiger partial charge is 0.0848 e. The van der Waals surface area contributed by atoms with Crippen molar-refractivity contribution in [1.82, 2.24) is 0 Å². The Morgan fingerprint density at radius 2 is 2.57 bits per heavy atom. The Balaban J connectivity index is 3.60. The highest BCUT2D eigenvalue weighted by atomic mass is 16.3. The van der Waals surface area contributed by atoms with Crippen molar-refractivity contribution in [3.8, 4) is 0 Å². The molecule has 0 spiro atoms. The molecule has 0 heterocycles. The van der Waals surface area contributed by atoms with E-state index in [1.807, 2.05) is 0 Å². The Hall–Kier alpha value is -0.630. The van der Waals surface area contributed by atoms with Crippen LogP contribution in [0.15, 0.2) is 17.6 Å². The molecular weight excluding hydrogens is 90.1 g/mol. The molecule has 0 amide bonds. The van der Waals surface area contributed by atoms with E-state index in [1.165, 1.54) is 6.08 Å². The molecule has 0 saturated carbocycles. The van der Waals surface area contributed by atoms with Crippen LogP contribution in [-0.4, -0.2) is 24.5 Å². The fourth-order valence-corrected chi connectivity index (χ4v) is 0.227. The second-order valence-electron chi connectivity index (χ2n) is 1.08. The van der Waals surface area contributed by atoms with Crippen LogP contribution in [0.25, 0.3) is 0 Å². The van der Waals surface area contributed by atoms with Crippen LogP contribution in [0.2, 0.25) is 0 Å². The molecule has 0 aromatic rings. The topological polar surface area (TPSA) is 32.6 Å². The molecule has 2 heteroatoms. The summed E-state index contributed by atoms with van der Waals surface area (Å²) in [6.45, 7) is 3.40. The summed E-state index contributed by atoms with van der Waals surface area (Å²) in [4.78, 5) is 3.67. The number of aliphatic imine (C=N–C) groups is 1. The largest absolute Gasteiger partial charge is 0.390 e. The van der Waals surface area contributed by atoms with Gasteiger partial charge in [-0.1, -0.05) is 6.58 Å². The van der Waals surface area contributed by atoms with Crippen molar-refractivity contribution in [3.63, 3.8) is 0 Å². The molecule has 0 aromatic heterocycles. The lowest BCUT2D eigenvalue weighted by Crippen LogP contribution is -1.97. The van der Waals surface area contributed by atoms with Crippen LogP contribution in [0.1, 0.15) is 0 Å². The standard InChI is InChI=1S/C5H9NO/c1-3-5(4-7)6-2/h3,7H,1,4H2,2H3. The second kappa shape index (κ2) is 3.56. The Bertz CT molecular complexity index is 86.1. The quantitative estimate of drug-likeness (QED) is 0.494. The minimum absolute atomic E-state index is 0.0139. The Labute approximate surface area is 43.2 Å². The van der Waals surface area contributed by atoms with Crippen molar-refractivity contribution in [1.29, 1.82) is 0 Å². The van der Waals surface area contributed by atoms with Crippen molar-refractivity contribution in [2.45, 2.75) is 0 Å². The van der Waals surface area contributed by atoms with Gasteiger partial charge in [0.15, 0.2) is 0 Å². The van der Waals surface area contributed by atoms with Crippen molar-refractivity contribution in [2.24, 2.45) is 4.99 Å². The molecule has 0 bridgehead atoms. The van der Waals surface area contributed by atoms with Crippen molar-refractivity contribution < 1.29 is 5.11 Å². The zero-order valence-corrected chi connectivity index (χ0v) is 4.39. The van der Waals surface area contributed by atoms with Gasteiger partial charge in [-0.3, -0.25) is 4.99 Å². The summed E-state index contributed by atoms with van der Waals surface area (Å²) in [7, 11) is 1.62. The minimum Gasteiger partial charge on any atom is -0.390 e. The molecule has 0 radical (unpaired) electrons. The van der Waals surface area contributed by atoms with E-state index in [9.17, 15) is 0 Å². The maximum atomic E-state index is 8.32. The van der Waals surface area contributed by atoms with Crippen LogP contribution in [0.5, 0.6) is 0 Å². The number of hydrogen-bond donors (Lipinski definition) is 1. The lowest BCUT2D eigenvalue weighted by atomic mass is 10.4. The van der Waals surface area contributed by atoms with Gasteiger partial charge < -0.3 is 5.11 Å². The van der Waals surface area contributed by atoms with Crippen LogP contribution in [0, 0.1) is 0 Å². The predicted octanol–water partition coefficient (Wildman–Crippen LogP) is 0.235. The third-order valence-electron chi connectivity index (χ3n) is 0.685. The van der Waals surface area contributed by atoms with E-state index >= 15 is 0 Å². The molecule has 0 saturated heterocycles. The van der Waals surface area contributed by atoms with Gasteiger partial charge in [-0.05, 0) is 6.08 Å². The molecule has 1 N–H and O–H groups in total. The monoisotopic (exact) mass is 99.1 g/mol. The van der Waals surface area contributed by atoms with Gasteiger partial charge in [0.25, 0.3) is 0 Å². The lowest BCUT2D eigenvalue weighted by molar-refractivity contribution is 0.358.